The molecule has 1 N–H and O–H groups in total. The molecular weight excluding hydrogens is 264 g/mol. The lowest BCUT2D eigenvalue weighted by atomic mass is 10.1. The number of rotatable bonds is 4. The molecular formula is C13H16N2O5. The summed E-state index contributed by atoms with van der Waals surface area (Å²) in [5.41, 5.74) is -0.428. The smallest absolute Gasteiger partial charge is 0.282 e. The molecule has 20 heavy (non-hydrogen) atoms. The van der Waals surface area contributed by atoms with E-state index in [-0.39, 0.29) is 23.1 Å². The second kappa shape index (κ2) is 5.87. The third-order valence-corrected chi connectivity index (χ3v) is 3.26. The fraction of sp³-hybridized carbons (Fsp3) is 0.462. The van der Waals surface area contributed by atoms with Gasteiger partial charge in [0.05, 0.1) is 11.0 Å². The Bertz CT molecular complexity index is 525. The number of aromatic hydroxyl groups is 1. The van der Waals surface area contributed by atoms with Crippen molar-refractivity contribution in [2.45, 2.75) is 18.9 Å². The van der Waals surface area contributed by atoms with E-state index in [1.54, 1.807) is 7.05 Å². The van der Waals surface area contributed by atoms with Crippen LogP contribution in [0.25, 0.3) is 0 Å². The van der Waals surface area contributed by atoms with E-state index in [9.17, 15) is 20.0 Å². The quantitative estimate of drug-likeness (QED) is 0.667. The molecule has 1 heterocycles. The van der Waals surface area contributed by atoms with Gasteiger partial charge in [0.25, 0.3) is 11.6 Å². The number of nitro benzene ring substituents is 1. The first-order valence-electron chi connectivity index (χ1n) is 6.33. The highest BCUT2D eigenvalue weighted by Crippen LogP contribution is 2.25. The summed E-state index contributed by atoms with van der Waals surface area (Å²) >= 11 is 0. The summed E-state index contributed by atoms with van der Waals surface area (Å²) in [6.07, 6.45) is 1.80. The molecule has 108 valence electrons. The van der Waals surface area contributed by atoms with Crippen LogP contribution >= 0.6 is 0 Å². The molecule has 0 spiro atoms. The number of likely N-dealkylation sites (N-methyl/N-ethyl adjacent to an activating group) is 1. The van der Waals surface area contributed by atoms with Crippen molar-refractivity contribution in [3.8, 4) is 5.75 Å². The molecule has 7 heteroatoms. The second-order valence-corrected chi connectivity index (χ2v) is 4.78. The summed E-state index contributed by atoms with van der Waals surface area (Å²) < 4.78 is 5.43. The number of hydrogen-bond acceptors (Lipinski definition) is 5. The largest absolute Gasteiger partial charge is 0.508 e. The molecule has 1 aliphatic heterocycles. The van der Waals surface area contributed by atoms with E-state index in [4.69, 9.17) is 4.74 Å². The lowest BCUT2D eigenvalue weighted by Crippen LogP contribution is -2.34. The Morgan fingerprint density at radius 3 is 2.95 bits per heavy atom. The highest BCUT2D eigenvalue weighted by molar-refractivity contribution is 5.98. The van der Waals surface area contributed by atoms with Crippen LogP contribution in [-0.2, 0) is 4.74 Å². The van der Waals surface area contributed by atoms with Crippen molar-refractivity contribution in [1.29, 1.82) is 0 Å². The average molecular weight is 280 g/mol. The van der Waals surface area contributed by atoms with Crippen molar-refractivity contribution >= 4 is 11.6 Å². The number of hydrogen-bond donors (Lipinski definition) is 1. The van der Waals surface area contributed by atoms with Crippen LogP contribution in [0.3, 0.4) is 0 Å². The van der Waals surface area contributed by atoms with E-state index in [0.717, 1.165) is 25.0 Å². The zero-order valence-corrected chi connectivity index (χ0v) is 11.1. The van der Waals surface area contributed by atoms with Gasteiger partial charge in [0.2, 0.25) is 0 Å². The summed E-state index contributed by atoms with van der Waals surface area (Å²) in [4.78, 5) is 24.0. The molecule has 1 atom stereocenters. The highest BCUT2D eigenvalue weighted by atomic mass is 16.6. The lowest BCUT2D eigenvalue weighted by molar-refractivity contribution is -0.385. The minimum Gasteiger partial charge on any atom is -0.508 e. The van der Waals surface area contributed by atoms with Crippen molar-refractivity contribution in [2.75, 3.05) is 20.2 Å². The number of phenolic OH excluding ortho intramolecular Hbond substituents is 1. The number of ether oxygens (including phenoxy) is 1. The average Bonchev–Trinajstić information content (AvgIpc) is 2.90. The van der Waals surface area contributed by atoms with Crippen LogP contribution in [0.1, 0.15) is 23.2 Å². The molecule has 0 saturated carbocycles. The molecule has 1 saturated heterocycles. The van der Waals surface area contributed by atoms with Gasteiger partial charge in [-0.15, -0.1) is 0 Å². The van der Waals surface area contributed by atoms with E-state index in [0.29, 0.717) is 13.2 Å². The first kappa shape index (κ1) is 14.3. The highest BCUT2D eigenvalue weighted by Gasteiger charge is 2.26. The van der Waals surface area contributed by atoms with Crippen LogP contribution in [0.15, 0.2) is 18.2 Å². The van der Waals surface area contributed by atoms with E-state index < -0.39 is 10.8 Å². The Morgan fingerprint density at radius 1 is 1.60 bits per heavy atom. The number of phenols is 1. The van der Waals surface area contributed by atoms with Crippen molar-refractivity contribution < 1.29 is 19.6 Å². The molecule has 1 fully saturated rings. The summed E-state index contributed by atoms with van der Waals surface area (Å²) in [5, 5.41) is 20.3. The van der Waals surface area contributed by atoms with Gasteiger partial charge >= 0.3 is 0 Å². The predicted molar refractivity (Wildman–Crippen MR) is 70.7 cm³/mol. The lowest BCUT2D eigenvalue weighted by Gasteiger charge is -2.20. The van der Waals surface area contributed by atoms with E-state index >= 15 is 0 Å². The third-order valence-electron chi connectivity index (χ3n) is 3.26. The maximum Gasteiger partial charge on any atom is 0.282 e. The van der Waals surface area contributed by atoms with Crippen molar-refractivity contribution in [2.24, 2.45) is 0 Å². The van der Waals surface area contributed by atoms with Crippen LogP contribution in [0.5, 0.6) is 5.75 Å². The molecule has 1 aliphatic rings. The Kier molecular flexibility index (Phi) is 4.19. The minimum absolute atomic E-state index is 0.0275. The number of carbonyl (C=O) groups is 1. The topological polar surface area (TPSA) is 92.9 Å². The Balaban J connectivity index is 2.18. The van der Waals surface area contributed by atoms with Crippen molar-refractivity contribution in [1.82, 2.24) is 4.90 Å². The van der Waals surface area contributed by atoms with Gasteiger partial charge in [-0.05, 0) is 25.0 Å². The minimum atomic E-state index is -0.632. The van der Waals surface area contributed by atoms with Gasteiger partial charge < -0.3 is 14.7 Å². The van der Waals surface area contributed by atoms with Crippen molar-refractivity contribution in [3.63, 3.8) is 0 Å². The number of carbonyl (C=O) groups excluding carboxylic acids is 1. The van der Waals surface area contributed by atoms with Gasteiger partial charge in [0.15, 0.2) is 0 Å². The molecule has 1 aromatic rings. The summed E-state index contributed by atoms with van der Waals surface area (Å²) in [7, 11) is 1.57. The Hall–Kier alpha value is -2.15. The monoisotopic (exact) mass is 280 g/mol. The number of nitrogens with zero attached hydrogens (tertiary/aromatic N) is 2. The van der Waals surface area contributed by atoms with Crippen LogP contribution < -0.4 is 0 Å². The van der Waals surface area contributed by atoms with Gasteiger partial charge in [0.1, 0.15) is 11.3 Å². The van der Waals surface area contributed by atoms with Crippen LogP contribution in [0.2, 0.25) is 0 Å². The zero-order valence-electron chi connectivity index (χ0n) is 11.1. The fourth-order valence-corrected chi connectivity index (χ4v) is 2.24. The van der Waals surface area contributed by atoms with E-state index in [2.05, 4.69) is 0 Å². The van der Waals surface area contributed by atoms with Gasteiger partial charge in [-0.1, -0.05) is 0 Å². The summed E-state index contributed by atoms with van der Waals surface area (Å²) in [6, 6.07) is 3.43. The van der Waals surface area contributed by atoms with Crippen molar-refractivity contribution in [3.05, 3.63) is 33.9 Å². The van der Waals surface area contributed by atoms with Gasteiger partial charge in [0, 0.05) is 26.3 Å². The predicted octanol–water partition coefficient (Wildman–Crippen LogP) is 1.55. The van der Waals surface area contributed by atoms with Crippen LogP contribution in [0.4, 0.5) is 5.69 Å². The standard InChI is InChI=1S/C13H16N2O5/c1-14(8-10-3-2-6-20-10)13(17)11-7-9(16)4-5-12(11)15(18)19/h4-5,7,10,16H,2-3,6,8H2,1H3. The maximum atomic E-state index is 12.3. The molecule has 2 rings (SSSR count). The first-order valence-corrected chi connectivity index (χ1v) is 6.33. The second-order valence-electron chi connectivity index (χ2n) is 4.78. The SMILES string of the molecule is CN(CC1CCCO1)C(=O)c1cc(O)ccc1[N+](=O)[O-]. The molecule has 7 nitrogen and oxygen atoms in total. The van der Waals surface area contributed by atoms with Gasteiger partial charge in [-0.25, -0.2) is 0 Å². The van der Waals surface area contributed by atoms with Crippen LogP contribution in [-0.4, -0.2) is 47.1 Å². The van der Waals surface area contributed by atoms with E-state index in [1.165, 1.54) is 11.0 Å². The normalized spacial score (nSPS) is 17.9. The van der Waals surface area contributed by atoms with Crippen LogP contribution in [0, 0.1) is 10.1 Å². The molecule has 1 aromatic carbocycles. The fourth-order valence-electron chi connectivity index (χ4n) is 2.24. The van der Waals surface area contributed by atoms with Gasteiger partial charge in [-0.2, -0.15) is 0 Å². The molecule has 1 unspecified atom stereocenters. The Morgan fingerprint density at radius 2 is 2.35 bits per heavy atom. The zero-order chi connectivity index (χ0) is 14.7. The summed E-state index contributed by atoms with van der Waals surface area (Å²) in [6.45, 7) is 1.06. The van der Waals surface area contributed by atoms with Gasteiger partial charge in [-0.3, -0.25) is 14.9 Å². The molecule has 1 amide bonds. The molecule has 0 radical (unpaired) electrons. The molecule has 0 aliphatic carbocycles. The number of amides is 1. The molecule has 0 bridgehead atoms. The summed E-state index contributed by atoms with van der Waals surface area (Å²) in [5.74, 6) is -0.674. The Labute approximate surface area is 115 Å². The first-order chi connectivity index (χ1) is 9.49. The number of benzene rings is 1. The third kappa shape index (κ3) is 3.05. The maximum absolute atomic E-state index is 12.3. The van der Waals surface area contributed by atoms with E-state index in [1.807, 2.05) is 0 Å². The number of nitro groups is 1. The molecule has 0 aromatic heterocycles.